The third-order valence-corrected chi connectivity index (χ3v) is 5.52. The number of amides is 2. The van der Waals surface area contributed by atoms with Crippen LogP contribution in [0.4, 0.5) is 0 Å². The minimum absolute atomic E-state index is 0.116. The zero-order valence-electron chi connectivity index (χ0n) is 12.0. The first kappa shape index (κ1) is 15.0. The van der Waals surface area contributed by atoms with Crippen molar-refractivity contribution in [3.05, 3.63) is 40.8 Å². The molecule has 1 aliphatic heterocycles. The van der Waals surface area contributed by atoms with Crippen LogP contribution < -0.4 is 10.9 Å². The number of para-hydroxylation sites is 1. The summed E-state index contributed by atoms with van der Waals surface area (Å²) >= 11 is 1.60. The Kier molecular flexibility index (Phi) is 4.38. The molecule has 1 aliphatic carbocycles. The number of hydrogen-bond acceptors (Lipinski definition) is 4. The molecule has 1 fully saturated rings. The Labute approximate surface area is 133 Å². The highest BCUT2D eigenvalue weighted by atomic mass is 32.2. The standard InChI is InChI=1S/C16H18N2O3S/c19-12-7-3-2-6-11(12)15(20)17-18-16(21)14-9-10-5-1-4-8-13(10)22-14/h2-3,6-7,9-10,13,19H,1,4-5,8H2,(H,17,20)(H,18,21)/t10-,13-/m1/s1. The number of thioether (sulfide) groups is 1. The molecule has 2 aliphatic rings. The zero-order valence-corrected chi connectivity index (χ0v) is 12.9. The van der Waals surface area contributed by atoms with Crippen LogP contribution in [0.5, 0.6) is 5.75 Å². The minimum atomic E-state index is -0.535. The second kappa shape index (κ2) is 6.44. The molecule has 0 unspecified atom stereocenters. The van der Waals surface area contributed by atoms with E-state index in [4.69, 9.17) is 0 Å². The van der Waals surface area contributed by atoms with E-state index in [0.29, 0.717) is 16.1 Å². The van der Waals surface area contributed by atoms with Crippen molar-refractivity contribution < 1.29 is 14.7 Å². The Morgan fingerprint density at radius 1 is 1.09 bits per heavy atom. The fourth-order valence-electron chi connectivity index (χ4n) is 2.90. The van der Waals surface area contributed by atoms with Crippen molar-refractivity contribution in [3.8, 4) is 5.75 Å². The summed E-state index contributed by atoms with van der Waals surface area (Å²) in [5.41, 5.74) is 4.90. The molecular weight excluding hydrogens is 300 g/mol. The molecule has 0 spiro atoms. The maximum atomic E-state index is 12.1. The molecule has 1 heterocycles. The van der Waals surface area contributed by atoms with Gasteiger partial charge in [-0.15, -0.1) is 11.8 Å². The average Bonchev–Trinajstić information content (AvgIpc) is 2.97. The molecule has 116 valence electrons. The number of hydrogen-bond donors (Lipinski definition) is 3. The second-order valence-electron chi connectivity index (χ2n) is 5.56. The molecule has 1 aromatic rings. The van der Waals surface area contributed by atoms with Crippen LogP contribution in [0.2, 0.25) is 0 Å². The van der Waals surface area contributed by atoms with Crippen LogP contribution in [-0.4, -0.2) is 22.2 Å². The van der Waals surface area contributed by atoms with Gasteiger partial charge in [-0.05, 0) is 30.9 Å². The predicted octanol–water partition coefficient (Wildman–Crippen LogP) is 2.34. The van der Waals surface area contributed by atoms with Crippen LogP contribution in [0.3, 0.4) is 0 Å². The van der Waals surface area contributed by atoms with E-state index < -0.39 is 5.91 Å². The molecular formula is C16H18N2O3S. The van der Waals surface area contributed by atoms with E-state index >= 15 is 0 Å². The molecule has 1 saturated carbocycles. The molecule has 0 aromatic heterocycles. The molecule has 3 N–H and O–H groups in total. The number of fused-ring (bicyclic) bond motifs is 1. The van der Waals surface area contributed by atoms with Crippen molar-refractivity contribution in [1.82, 2.24) is 10.9 Å². The number of allylic oxidation sites excluding steroid dienone is 1. The lowest BCUT2D eigenvalue weighted by Gasteiger charge is -2.23. The van der Waals surface area contributed by atoms with Gasteiger partial charge < -0.3 is 5.11 Å². The van der Waals surface area contributed by atoms with E-state index in [-0.39, 0.29) is 17.2 Å². The van der Waals surface area contributed by atoms with E-state index in [1.54, 1.807) is 23.9 Å². The van der Waals surface area contributed by atoms with Crippen LogP contribution in [0.1, 0.15) is 36.0 Å². The Bertz CT molecular complexity index is 630. The molecule has 22 heavy (non-hydrogen) atoms. The molecule has 6 heteroatoms. The lowest BCUT2D eigenvalue weighted by molar-refractivity contribution is -0.117. The van der Waals surface area contributed by atoms with E-state index in [9.17, 15) is 14.7 Å². The van der Waals surface area contributed by atoms with Crippen LogP contribution in [-0.2, 0) is 4.79 Å². The van der Waals surface area contributed by atoms with E-state index in [0.717, 1.165) is 12.8 Å². The SMILES string of the molecule is O=C(NNC(=O)c1ccccc1O)C1=C[C@H]2CCCC[C@H]2S1. The monoisotopic (exact) mass is 318 g/mol. The van der Waals surface area contributed by atoms with E-state index in [1.807, 2.05) is 6.08 Å². The fraction of sp³-hybridized carbons (Fsp3) is 0.375. The van der Waals surface area contributed by atoms with Crippen LogP contribution in [0.15, 0.2) is 35.2 Å². The van der Waals surface area contributed by atoms with E-state index in [1.165, 1.54) is 25.0 Å². The van der Waals surface area contributed by atoms with Crippen molar-refractivity contribution in [2.75, 3.05) is 0 Å². The number of hydrazine groups is 1. The summed E-state index contributed by atoms with van der Waals surface area (Å²) in [4.78, 5) is 24.7. The molecule has 1 aromatic carbocycles. The summed E-state index contributed by atoms with van der Waals surface area (Å²) in [6.07, 6.45) is 6.75. The quantitative estimate of drug-likeness (QED) is 0.731. The summed E-state index contributed by atoms with van der Waals surface area (Å²) in [5, 5.41) is 10.1. The summed E-state index contributed by atoms with van der Waals surface area (Å²) in [6.45, 7) is 0. The second-order valence-corrected chi connectivity index (χ2v) is 6.84. The van der Waals surface area contributed by atoms with Gasteiger partial charge in [-0.1, -0.05) is 31.1 Å². The number of carbonyl (C=O) groups is 2. The number of nitrogens with one attached hydrogen (secondary N) is 2. The Balaban J connectivity index is 1.57. The summed E-state index contributed by atoms with van der Waals surface area (Å²) < 4.78 is 0. The van der Waals surface area contributed by atoms with Gasteiger partial charge in [0.1, 0.15) is 5.75 Å². The number of aromatic hydroxyl groups is 1. The lowest BCUT2D eigenvalue weighted by atomic mass is 9.89. The number of benzene rings is 1. The van der Waals surface area contributed by atoms with Gasteiger partial charge in [-0.3, -0.25) is 20.4 Å². The third-order valence-electron chi connectivity index (χ3n) is 4.06. The lowest BCUT2D eigenvalue weighted by Crippen LogP contribution is -2.41. The molecule has 2 amide bonds. The highest BCUT2D eigenvalue weighted by molar-refractivity contribution is 8.04. The van der Waals surface area contributed by atoms with Crippen LogP contribution >= 0.6 is 11.8 Å². The molecule has 3 rings (SSSR count). The molecule has 0 bridgehead atoms. The Morgan fingerprint density at radius 3 is 2.59 bits per heavy atom. The number of phenolic OH excluding ortho intramolecular Hbond substituents is 1. The van der Waals surface area contributed by atoms with Gasteiger partial charge >= 0.3 is 0 Å². The molecule has 0 saturated heterocycles. The van der Waals surface area contributed by atoms with Gasteiger partial charge in [-0.25, -0.2) is 0 Å². The van der Waals surface area contributed by atoms with Gasteiger partial charge in [0.15, 0.2) is 0 Å². The fourth-order valence-corrected chi connectivity index (χ4v) is 4.31. The molecule has 2 atom stereocenters. The van der Waals surface area contributed by atoms with Crippen molar-refractivity contribution in [3.63, 3.8) is 0 Å². The largest absolute Gasteiger partial charge is 0.507 e. The van der Waals surface area contributed by atoms with Gasteiger partial charge in [-0.2, -0.15) is 0 Å². The third kappa shape index (κ3) is 3.11. The zero-order chi connectivity index (χ0) is 15.5. The van der Waals surface area contributed by atoms with Crippen molar-refractivity contribution in [2.24, 2.45) is 5.92 Å². The Hall–Kier alpha value is -1.95. The summed E-state index contributed by atoms with van der Waals surface area (Å²) in [5.74, 6) is -0.460. The van der Waals surface area contributed by atoms with Gasteiger partial charge in [0.2, 0.25) is 0 Å². The Morgan fingerprint density at radius 2 is 1.82 bits per heavy atom. The maximum absolute atomic E-state index is 12.1. The van der Waals surface area contributed by atoms with Gasteiger partial charge in [0.25, 0.3) is 11.8 Å². The maximum Gasteiger partial charge on any atom is 0.275 e. The first-order chi connectivity index (χ1) is 10.6. The highest BCUT2D eigenvalue weighted by Crippen LogP contribution is 2.44. The normalized spacial score (nSPS) is 23.4. The molecule has 0 radical (unpaired) electrons. The number of carbonyl (C=O) groups excluding carboxylic acids is 2. The minimum Gasteiger partial charge on any atom is -0.507 e. The smallest absolute Gasteiger partial charge is 0.275 e. The van der Waals surface area contributed by atoms with Gasteiger partial charge in [0.05, 0.1) is 10.5 Å². The number of rotatable bonds is 2. The first-order valence-corrected chi connectivity index (χ1v) is 8.30. The van der Waals surface area contributed by atoms with E-state index in [2.05, 4.69) is 10.9 Å². The van der Waals surface area contributed by atoms with Crippen LogP contribution in [0.25, 0.3) is 0 Å². The van der Waals surface area contributed by atoms with Crippen molar-refractivity contribution >= 4 is 23.6 Å². The highest BCUT2D eigenvalue weighted by Gasteiger charge is 2.33. The van der Waals surface area contributed by atoms with Crippen molar-refractivity contribution in [1.29, 1.82) is 0 Å². The number of phenols is 1. The molecule has 5 nitrogen and oxygen atoms in total. The predicted molar refractivity (Wildman–Crippen MR) is 85.1 cm³/mol. The van der Waals surface area contributed by atoms with Crippen LogP contribution in [0, 0.1) is 5.92 Å². The summed E-state index contributed by atoms with van der Waals surface area (Å²) in [7, 11) is 0. The first-order valence-electron chi connectivity index (χ1n) is 7.42. The average molecular weight is 318 g/mol. The van der Waals surface area contributed by atoms with Crippen molar-refractivity contribution in [2.45, 2.75) is 30.9 Å². The van der Waals surface area contributed by atoms with Gasteiger partial charge in [0, 0.05) is 5.25 Å². The summed E-state index contributed by atoms with van der Waals surface area (Å²) in [6, 6.07) is 6.20. The topological polar surface area (TPSA) is 78.4 Å².